The lowest BCUT2D eigenvalue weighted by atomic mass is 10.4. The molecule has 0 unspecified atom stereocenters. The molecular formula is C10H22ClF5Si. The van der Waals surface area contributed by atoms with Gasteiger partial charge in [0.05, 0.1) is 0 Å². The van der Waals surface area contributed by atoms with Crippen molar-refractivity contribution in [2.45, 2.75) is 26.1 Å². The third-order valence-electron chi connectivity index (χ3n) is 1.51. The molecule has 0 amide bonds. The fourth-order valence-corrected chi connectivity index (χ4v) is 0.385. The van der Waals surface area contributed by atoms with E-state index in [0.29, 0.717) is 0 Å². The summed E-state index contributed by atoms with van der Waals surface area (Å²) in [7, 11) is -1.16. The van der Waals surface area contributed by atoms with Crippen LogP contribution in [0.4, 0.5) is 23.5 Å². The van der Waals surface area contributed by atoms with Crippen LogP contribution < -0.4 is 0 Å². The molecular weight excluding hydrogens is 279 g/mol. The lowest BCUT2D eigenvalue weighted by Gasteiger charge is -2.05. The molecule has 0 saturated carbocycles. The van der Waals surface area contributed by atoms with Gasteiger partial charge in [0.1, 0.15) is 7.38 Å². The molecule has 1 aromatic carbocycles. The van der Waals surface area contributed by atoms with Gasteiger partial charge in [-0.15, -0.1) is 0 Å². The Morgan fingerprint density at radius 2 is 0.824 bits per heavy atom. The second-order valence-electron chi connectivity index (χ2n) is 3.23. The Kier molecular flexibility index (Phi) is 43.9. The first-order valence-corrected chi connectivity index (χ1v) is 8.47. The average molecular weight is 301 g/mol. The van der Waals surface area contributed by atoms with Gasteiger partial charge in [0, 0.05) is 0 Å². The fourth-order valence-electron chi connectivity index (χ4n) is 0.385. The van der Waals surface area contributed by atoms with Gasteiger partial charge in [0.25, 0.3) is 0 Å². The van der Waals surface area contributed by atoms with Gasteiger partial charge >= 0.3 is 0 Å². The average Bonchev–Trinajstić information content (AvgIpc) is 2.07. The van der Waals surface area contributed by atoms with E-state index in [4.69, 9.17) is 11.1 Å². The molecule has 1 rings (SSSR count). The molecule has 7 heteroatoms. The zero-order valence-electron chi connectivity index (χ0n) is 10.1. The zero-order chi connectivity index (χ0) is 9.45. The molecule has 17 heavy (non-hydrogen) atoms. The normalized spacial score (nSPS) is 7.06. The van der Waals surface area contributed by atoms with Crippen molar-refractivity contribution >= 4 is 18.5 Å². The summed E-state index contributed by atoms with van der Waals surface area (Å²) in [6, 6.07) is 13.2. The minimum Gasteiger partial charge on any atom is -0.269 e. The molecule has 0 nitrogen and oxygen atoms in total. The van der Waals surface area contributed by atoms with Crippen LogP contribution in [0, 0.1) is 0 Å². The van der Waals surface area contributed by atoms with E-state index in [0.717, 1.165) is 0 Å². The summed E-state index contributed by atoms with van der Waals surface area (Å²) in [5.41, 5.74) is 0. The van der Waals surface area contributed by atoms with Crippen LogP contribution in [-0.4, -0.2) is 7.38 Å². The van der Waals surface area contributed by atoms with Crippen LogP contribution in [0.15, 0.2) is 36.4 Å². The Labute approximate surface area is 105 Å². The van der Waals surface area contributed by atoms with Crippen molar-refractivity contribution in [3.63, 3.8) is 0 Å². The van der Waals surface area contributed by atoms with Crippen LogP contribution in [0.25, 0.3) is 0 Å². The predicted octanol–water partition coefficient (Wildman–Crippen LogP) is 4.90. The van der Waals surface area contributed by atoms with Gasteiger partial charge in [-0.05, 0) is 6.04 Å². The Balaban J connectivity index is -0.0000000275. The SMILES string of the molecule is CC[Si](C)(C)Cl.F.F.F.F.F.c1ccccc1. The van der Waals surface area contributed by atoms with Crippen molar-refractivity contribution in [1.82, 2.24) is 0 Å². The number of halogens is 6. The molecule has 0 aliphatic carbocycles. The summed E-state index contributed by atoms with van der Waals surface area (Å²) in [4.78, 5) is 0. The van der Waals surface area contributed by atoms with E-state index in [9.17, 15) is 0 Å². The third-order valence-corrected chi connectivity index (χ3v) is 3.99. The first-order valence-electron chi connectivity index (χ1n) is 4.25. The van der Waals surface area contributed by atoms with E-state index in [1.807, 2.05) is 36.4 Å². The highest BCUT2D eigenvalue weighted by molar-refractivity contribution is 7.19. The van der Waals surface area contributed by atoms with Crippen molar-refractivity contribution in [2.24, 2.45) is 0 Å². The highest BCUT2D eigenvalue weighted by atomic mass is 35.6. The molecule has 0 heterocycles. The van der Waals surface area contributed by atoms with Crippen molar-refractivity contribution in [1.29, 1.82) is 0 Å². The second-order valence-corrected chi connectivity index (χ2v) is 10.4. The third kappa shape index (κ3) is 39.2. The molecule has 0 N–H and O–H groups in total. The van der Waals surface area contributed by atoms with Crippen molar-refractivity contribution in [3.05, 3.63) is 36.4 Å². The van der Waals surface area contributed by atoms with Gasteiger partial charge in [0.15, 0.2) is 0 Å². The standard InChI is InChI=1S/C6H6.C4H11ClSi.5FH/c1-2-4-6-5-3-1;1-4-6(2,3)5;;;;;/h1-6H;4H2,1-3H3;5*1H. The first kappa shape index (κ1) is 36.0. The number of rotatable bonds is 1. The molecule has 0 spiro atoms. The topological polar surface area (TPSA) is 0 Å². The van der Waals surface area contributed by atoms with E-state index in [1.165, 1.54) is 6.04 Å². The largest absolute Gasteiger partial charge is 0.269 e. The number of benzene rings is 1. The molecule has 0 fully saturated rings. The van der Waals surface area contributed by atoms with Gasteiger partial charge in [-0.1, -0.05) is 56.4 Å². The molecule has 0 aromatic heterocycles. The van der Waals surface area contributed by atoms with Crippen LogP contribution in [0.5, 0.6) is 0 Å². The van der Waals surface area contributed by atoms with Crippen LogP contribution in [0.1, 0.15) is 6.92 Å². The summed E-state index contributed by atoms with van der Waals surface area (Å²) in [6.45, 7) is 6.43. The maximum Gasteiger partial charge on any atom is 0.150 e. The van der Waals surface area contributed by atoms with Crippen molar-refractivity contribution in [2.75, 3.05) is 0 Å². The van der Waals surface area contributed by atoms with Crippen molar-refractivity contribution < 1.29 is 23.5 Å². The molecule has 0 aliphatic rings. The Morgan fingerprint density at radius 3 is 0.882 bits per heavy atom. The lowest BCUT2D eigenvalue weighted by molar-refractivity contribution is 1.11. The summed E-state index contributed by atoms with van der Waals surface area (Å²) in [6.07, 6.45) is 0. The van der Waals surface area contributed by atoms with E-state index in [1.54, 1.807) is 0 Å². The number of hydrogen-bond acceptors (Lipinski definition) is 0. The van der Waals surface area contributed by atoms with E-state index in [-0.39, 0.29) is 23.5 Å². The minimum atomic E-state index is -1.16. The first-order chi connectivity index (χ1) is 5.56. The second kappa shape index (κ2) is 20.7. The van der Waals surface area contributed by atoms with Gasteiger partial charge in [-0.25, -0.2) is 0 Å². The molecule has 0 radical (unpaired) electrons. The molecule has 0 bridgehead atoms. The summed E-state index contributed by atoms with van der Waals surface area (Å²) in [5.74, 6) is 0. The maximum absolute atomic E-state index is 5.86. The summed E-state index contributed by atoms with van der Waals surface area (Å²) < 4.78 is 0. The van der Waals surface area contributed by atoms with Gasteiger partial charge in [0.2, 0.25) is 0 Å². The molecule has 0 aliphatic heterocycles. The molecule has 0 saturated heterocycles. The minimum absolute atomic E-state index is 0. The van der Waals surface area contributed by atoms with Gasteiger partial charge in [-0.3, -0.25) is 23.5 Å². The van der Waals surface area contributed by atoms with Crippen LogP contribution in [0.3, 0.4) is 0 Å². The van der Waals surface area contributed by atoms with Crippen molar-refractivity contribution in [3.8, 4) is 0 Å². The van der Waals surface area contributed by atoms with Crippen LogP contribution >= 0.6 is 11.1 Å². The van der Waals surface area contributed by atoms with E-state index >= 15 is 0 Å². The summed E-state index contributed by atoms with van der Waals surface area (Å²) >= 11 is 5.86. The van der Waals surface area contributed by atoms with Crippen LogP contribution in [-0.2, 0) is 0 Å². The van der Waals surface area contributed by atoms with Gasteiger partial charge in [-0.2, -0.15) is 11.1 Å². The zero-order valence-corrected chi connectivity index (χ0v) is 11.8. The summed E-state index contributed by atoms with van der Waals surface area (Å²) in [5, 5.41) is 0. The molecule has 108 valence electrons. The van der Waals surface area contributed by atoms with E-state index < -0.39 is 7.38 Å². The maximum atomic E-state index is 5.86. The lowest BCUT2D eigenvalue weighted by Crippen LogP contribution is -2.12. The Morgan fingerprint density at radius 1 is 0.706 bits per heavy atom. The molecule has 1 aromatic rings. The fraction of sp³-hybridized carbons (Fsp3) is 0.400. The Hall–Kier alpha value is -0.623. The predicted molar refractivity (Wildman–Crippen MR) is 72.8 cm³/mol. The highest BCUT2D eigenvalue weighted by Crippen LogP contribution is 2.11. The van der Waals surface area contributed by atoms with E-state index in [2.05, 4.69) is 20.0 Å². The number of hydrogen-bond donors (Lipinski definition) is 0. The molecule has 0 atom stereocenters. The van der Waals surface area contributed by atoms with Gasteiger partial charge < -0.3 is 0 Å². The Bertz CT molecular complexity index is 167. The smallest absolute Gasteiger partial charge is 0.150 e. The quantitative estimate of drug-likeness (QED) is 0.393. The monoisotopic (exact) mass is 300 g/mol. The highest BCUT2D eigenvalue weighted by Gasteiger charge is 2.11. The van der Waals surface area contributed by atoms with Crippen LogP contribution in [0.2, 0.25) is 19.1 Å².